The van der Waals surface area contributed by atoms with Crippen LogP contribution in [-0.4, -0.2) is 25.9 Å². The van der Waals surface area contributed by atoms with Crippen molar-refractivity contribution in [2.75, 3.05) is 13.7 Å². The summed E-state index contributed by atoms with van der Waals surface area (Å²) < 4.78 is 10.0. The van der Waals surface area contributed by atoms with Gasteiger partial charge in [-0.2, -0.15) is 0 Å². The van der Waals surface area contributed by atoms with Crippen LogP contribution >= 0.6 is 0 Å². The van der Waals surface area contributed by atoms with E-state index in [0.717, 1.165) is 24.2 Å². The van der Waals surface area contributed by atoms with E-state index in [1.165, 1.54) is 6.21 Å². The molecule has 0 aliphatic carbocycles. The van der Waals surface area contributed by atoms with Crippen molar-refractivity contribution in [3.05, 3.63) is 29.8 Å². The molecule has 0 fully saturated rings. The van der Waals surface area contributed by atoms with Crippen molar-refractivity contribution in [1.29, 1.82) is 0 Å². The van der Waals surface area contributed by atoms with Crippen LogP contribution in [0.3, 0.4) is 0 Å². The quantitative estimate of drug-likeness (QED) is 0.424. The predicted molar refractivity (Wildman–Crippen MR) is 71.1 cm³/mol. The van der Waals surface area contributed by atoms with E-state index in [0.29, 0.717) is 13.2 Å². The molecule has 4 nitrogen and oxygen atoms in total. The summed E-state index contributed by atoms with van der Waals surface area (Å²) in [5.41, 5.74) is 1.02. The predicted octanol–water partition coefficient (Wildman–Crippen LogP) is 2.61. The minimum Gasteiger partial charge on any atom is -0.497 e. The molecule has 0 spiro atoms. The number of carbonyl (C=O) groups is 1. The smallest absolute Gasteiger partial charge is 0.348 e. The van der Waals surface area contributed by atoms with Gasteiger partial charge in [0, 0.05) is 0 Å². The molecule has 0 aliphatic rings. The van der Waals surface area contributed by atoms with E-state index in [9.17, 15) is 4.79 Å². The summed E-state index contributed by atoms with van der Waals surface area (Å²) in [5, 5.41) is 0. The van der Waals surface area contributed by atoms with E-state index >= 15 is 0 Å². The molecule has 0 saturated heterocycles. The largest absolute Gasteiger partial charge is 0.497 e. The van der Waals surface area contributed by atoms with Crippen LogP contribution in [0.25, 0.3) is 0 Å². The standard InChI is InChI=1S/C14H19NO3/c1-3-4-9-18-14(16)11-15-10-12-5-7-13(17-2)8-6-12/h5-8,11H,3-4,9-10H2,1-2H3. The van der Waals surface area contributed by atoms with E-state index < -0.39 is 0 Å². The van der Waals surface area contributed by atoms with Gasteiger partial charge >= 0.3 is 5.97 Å². The van der Waals surface area contributed by atoms with Gasteiger partial charge in [-0.1, -0.05) is 25.5 Å². The second-order valence-corrected chi connectivity index (χ2v) is 3.84. The topological polar surface area (TPSA) is 47.9 Å². The molecular weight excluding hydrogens is 230 g/mol. The number of ether oxygens (including phenoxy) is 2. The van der Waals surface area contributed by atoms with Gasteiger partial charge in [0.05, 0.1) is 20.3 Å². The zero-order valence-electron chi connectivity index (χ0n) is 10.9. The first-order valence-electron chi connectivity index (χ1n) is 6.05. The van der Waals surface area contributed by atoms with Gasteiger partial charge < -0.3 is 9.47 Å². The van der Waals surface area contributed by atoms with Gasteiger partial charge in [0.15, 0.2) is 0 Å². The lowest BCUT2D eigenvalue weighted by Gasteiger charge is -2.01. The Morgan fingerprint density at radius 3 is 2.67 bits per heavy atom. The van der Waals surface area contributed by atoms with Crippen molar-refractivity contribution in [2.45, 2.75) is 26.3 Å². The monoisotopic (exact) mass is 249 g/mol. The summed E-state index contributed by atoms with van der Waals surface area (Å²) in [6, 6.07) is 7.56. The van der Waals surface area contributed by atoms with Crippen LogP contribution in [0.15, 0.2) is 29.3 Å². The number of aliphatic imine (C=N–C) groups is 1. The molecule has 0 N–H and O–H groups in total. The normalized spacial score (nSPS) is 10.6. The number of carbonyl (C=O) groups excluding carboxylic acids is 1. The van der Waals surface area contributed by atoms with Gasteiger partial charge in [0.1, 0.15) is 12.0 Å². The van der Waals surface area contributed by atoms with Crippen LogP contribution in [0, 0.1) is 0 Å². The Labute approximate surface area is 108 Å². The fourth-order valence-electron chi connectivity index (χ4n) is 1.31. The highest BCUT2D eigenvalue weighted by Crippen LogP contribution is 2.11. The van der Waals surface area contributed by atoms with E-state index in [1.54, 1.807) is 7.11 Å². The molecule has 1 aromatic carbocycles. The highest BCUT2D eigenvalue weighted by Gasteiger charge is 1.97. The van der Waals surface area contributed by atoms with Crippen molar-refractivity contribution in [1.82, 2.24) is 0 Å². The van der Waals surface area contributed by atoms with Crippen LogP contribution in [0.2, 0.25) is 0 Å². The Bertz CT molecular complexity index is 385. The molecule has 0 radical (unpaired) electrons. The van der Waals surface area contributed by atoms with Crippen LogP contribution < -0.4 is 4.74 Å². The van der Waals surface area contributed by atoms with Crippen molar-refractivity contribution in [3.8, 4) is 5.75 Å². The zero-order chi connectivity index (χ0) is 13.2. The summed E-state index contributed by atoms with van der Waals surface area (Å²) in [6.45, 7) is 2.97. The molecule has 0 amide bonds. The lowest BCUT2D eigenvalue weighted by atomic mass is 10.2. The molecule has 0 heterocycles. The third-order valence-electron chi connectivity index (χ3n) is 2.37. The number of unbranched alkanes of at least 4 members (excludes halogenated alkanes) is 1. The average Bonchev–Trinajstić information content (AvgIpc) is 2.40. The number of benzene rings is 1. The highest BCUT2D eigenvalue weighted by atomic mass is 16.5. The third kappa shape index (κ3) is 5.48. The summed E-state index contributed by atoms with van der Waals surface area (Å²) in [7, 11) is 1.62. The molecule has 98 valence electrons. The first kappa shape index (κ1) is 14.2. The molecule has 18 heavy (non-hydrogen) atoms. The van der Waals surface area contributed by atoms with Crippen molar-refractivity contribution >= 4 is 12.2 Å². The second-order valence-electron chi connectivity index (χ2n) is 3.84. The van der Waals surface area contributed by atoms with Crippen LogP contribution in [0.4, 0.5) is 0 Å². The van der Waals surface area contributed by atoms with Crippen molar-refractivity contribution < 1.29 is 14.3 Å². The van der Waals surface area contributed by atoms with Crippen LogP contribution in [-0.2, 0) is 16.1 Å². The lowest BCUT2D eigenvalue weighted by molar-refractivity contribution is -0.135. The lowest BCUT2D eigenvalue weighted by Crippen LogP contribution is -2.06. The summed E-state index contributed by atoms with van der Waals surface area (Å²) in [4.78, 5) is 15.3. The molecule has 0 unspecified atom stereocenters. The number of methoxy groups -OCH3 is 1. The maximum Gasteiger partial charge on any atom is 0.348 e. The van der Waals surface area contributed by atoms with Gasteiger partial charge in [-0.15, -0.1) is 0 Å². The Balaban J connectivity index is 2.32. The number of hydrogen-bond acceptors (Lipinski definition) is 4. The molecule has 0 aliphatic heterocycles. The Hall–Kier alpha value is -1.84. The van der Waals surface area contributed by atoms with E-state index in [4.69, 9.17) is 9.47 Å². The fourth-order valence-corrected chi connectivity index (χ4v) is 1.31. The van der Waals surface area contributed by atoms with Crippen molar-refractivity contribution in [3.63, 3.8) is 0 Å². The molecular formula is C14H19NO3. The summed E-state index contributed by atoms with van der Waals surface area (Å²) >= 11 is 0. The molecule has 4 heteroatoms. The molecule has 0 bridgehead atoms. The Morgan fingerprint density at radius 2 is 2.06 bits per heavy atom. The van der Waals surface area contributed by atoms with E-state index in [2.05, 4.69) is 4.99 Å². The molecule has 0 saturated carbocycles. The number of nitrogens with zero attached hydrogens (tertiary/aromatic N) is 1. The van der Waals surface area contributed by atoms with Gasteiger partial charge in [-0.25, -0.2) is 4.79 Å². The SMILES string of the molecule is CCCCOC(=O)C=NCc1ccc(OC)cc1. The average molecular weight is 249 g/mol. The number of hydrogen-bond donors (Lipinski definition) is 0. The molecule has 0 atom stereocenters. The Morgan fingerprint density at radius 1 is 1.33 bits per heavy atom. The molecule has 1 aromatic rings. The molecule has 1 rings (SSSR count). The van der Waals surface area contributed by atoms with Crippen molar-refractivity contribution in [2.24, 2.45) is 4.99 Å². The summed E-state index contributed by atoms with van der Waals surface area (Å²) in [6.07, 6.45) is 3.13. The van der Waals surface area contributed by atoms with Gasteiger partial charge in [-0.3, -0.25) is 4.99 Å². The zero-order valence-corrected chi connectivity index (χ0v) is 10.9. The summed E-state index contributed by atoms with van der Waals surface area (Å²) in [5.74, 6) is 0.429. The minimum absolute atomic E-state index is 0.378. The van der Waals surface area contributed by atoms with Gasteiger partial charge in [0.25, 0.3) is 0 Å². The number of esters is 1. The fraction of sp³-hybridized carbons (Fsp3) is 0.429. The first-order valence-corrected chi connectivity index (χ1v) is 6.05. The first-order chi connectivity index (χ1) is 8.76. The van der Waals surface area contributed by atoms with Crippen LogP contribution in [0.1, 0.15) is 25.3 Å². The second kappa shape index (κ2) is 8.28. The van der Waals surface area contributed by atoms with E-state index in [-0.39, 0.29) is 5.97 Å². The van der Waals surface area contributed by atoms with Crippen LogP contribution in [0.5, 0.6) is 5.75 Å². The highest BCUT2D eigenvalue weighted by molar-refractivity contribution is 6.23. The number of rotatable bonds is 7. The minimum atomic E-state index is -0.378. The Kier molecular flexibility index (Phi) is 6.54. The maximum absolute atomic E-state index is 11.2. The van der Waals surface area contributed by atoms with Gasteiger partial charge in [-0.05, 0) is 24.1 Å². The van der Waals surface area contributed by atoms with Gasteiger partial charge in [0.2, 0.25) is 0 Å². The maximum atomic E-state index is 11.2. The van der Waals surface area contributed by atoms with E-state index in [1.807, 2.05) is 31.2 Å². The molecule has 0 aromatic heterocycles. The third-order valence-corrected chi connectivity index (χ3v) is 2.37.